The van der Waals surface area contributed by atoms with Crippen molar-refractivity contribution in [3.8, 4) is 5.75 Å². The molecule has 1 N–H and O–H groups in total. The maximum Gasteiger partial charge on any atom is 0.136 e. The van der Waals surface area contributed by atoms with Crippen molar-refractivity contribution in [3.63, 3.8) is 0 Å². The van der Waals surface area contributed by atoms with Gasteiger partial charge in [-0.05, 0) is 73.7 Å². The number of likely N-dealkylation sites (tertiary alicyclic amines) is 1. The Balaban J connectivity index is 1.57. The van der Waals surface area contributed by atoms with Gasteiger partial charge in [-0.1, -0.05) is 19.4 Å². The normalized spacial score (nSPS) is 38.0. The van der Waals surface area contributed by atoms with Crippen molar-refractivity contribution in [1.29, 1.82) is 0 Å². The Bertz CT molecular complexity index is 710. The van der Waals surface area contributed by atoms with Crippen LogP contribution in [0.1, 0.15) is 56.6 Å². The Morgan fingerprint density at radius 2 is 2.16 bits per heavy atom. The topological polar surface area (TPSA) is 40.5 Å². The molecule has 2 saturated carbocycles. The van der Waals surface area contributed by atoms with E-state index in [1.54, 1.807) is 0 Å². The summed E-state index contributed by atoms with van der Waals surface area (Å²) in [4.78, 5) is 15.4. The van der Waals surface area contributed by atoms with Gasteiger partial charge in [-0.3, -0.25) is 9.69 Å². The first-order valence-electron chi connectivity index (χ1n) is 10.2. The predicted octanol–water partition coefficient (Wildman–Crippen LogP) is 3.68. The van der Waals surface area contributed by atoms with Crippen molar-refractivity contribution >= 4 is 5.78 Å². The van der Waals surface area contributed by atoms with Gasteiger partial charge in [0.2, 0.25) is 0 Å². The zero-order valence-corrected chi connectivity index (χ0v) is 15.2. The summed E-state index contributed by atoms with van der Waals surface area (Å²) < 4.78 is 0. The van der Waals surface area contributed by atoms with Crippen LogP contribution in [0.25, 0.3) is 0 Å². The van der Waals surface area contributed by atoms with Crippen LogP contribution in [0.15, 0.2) is 18.2 Å². The van der Waals surface area contributed by atoms with E-state index in [1.165, 1.54) is 36.9 Å². The molecule has 1 aliphatic heterocycles. The van der Waals surface area contributed by atoms with Gasteiger partial charge in [0.15, 0.2) is 0 Å². The highest BCUT2D eigenvalue weighted by Crippen LogP contribution is 2.56. The zero-order chi connectivity index (χ0) is 17.2. The highest BCUT2D eigenvalue weighted by Gasteiger charge is 2.57. The lowest BCUT2D eigenvalue weighted by Gasteiger charge is -2.60. The van der Waals surface area contributed by atoms with Crippen LogP contribution in [0, 0.1) is 17.8 Å². The Morgan fingerprint density at radius 1 is 1.32 bits per heavy atom. The van der Waals surface area contributed by atoms with Crippen molar-refractivity contribution in [1.82, 2.24) is 4.90 Å². The molecule has 0 radical (unpaired) electrons. The summed E-state index contributed by atoms with van der Waals surface area (Å²) in [5.41, 5.74) is 2.65. The van der Waals surface area contributed by atoms with E-state index in [9.17, 15) is 9.90 Å². The molecular formula is C22H29NO2. The number of ketones is 1. The first kappa shape index (κ1) is 15.9. The molecule has 134 valence electrons. The molecule has 4 atom stereocenters. The molecule has 5 rings (SSSR count). The second-order valence-electron chi connectivity index (χ2n) is 9.20. The van der Waals surface area contributed by atoms with Crippen LogP contribution in [-0.4, -0.2) is 34.9 Å². The molecule has 3 fully saturated rings. The van der Waals surface area contributed by atoms with Crippen LogP contribution in [0.5, 0.6) is 5.75 Å². The Hall–Kier alpha value is -1.35. The Kier molecular flexibility index (Phi) is 3.54. The number of phenolic OH excluding ortho intramolecular Hbond substituents is 1. The van der Waals surface area contributed by atoms with Crippen LogP contribution in [0.2, 0.25) is 0 Å². The zero-order valence-electron chi connectivity index (χ0n) is 15.2. The number of benzene rings is 1. The summed E-state index contributed by atoms with van der Waals surface area (Å²) in [5.74, 6) is 2.45. The largest absolute Gasteiger partial charge is 0.508 e. The van der Waals surface area contributed by atoms with Gasteiger partial charge in [-0.2, -0.15) is 0 Å². The first-order valence-corrected chi connectivity index (χ1v) is 10.2. The third kappa shape index (κ3) is 2.31. The van der Waals surface area contributed by atoms with Gasteiger partial charge in [0, 0.05) is 30.3 Å². The standard InChI is InChI=1S/C22H29NO2/c1-14-9-19-20-10-16-5-6-17(24)11-18(16)22(19,12-21(14)25)7-8-23(20)13-15-3-2-4-15/h5-6,11,14-15,19-20,24H,2-4,7-10,12-13H2,1H3/t14-,19-,20?,22?/m0/s1. The monoisotopic (exact) mass is 339 g/mol. The molecule has 0 amide bonds. The van der Waals surface area contributed by atoms with E-state index in [4.69, 9.17) is 0 Å². The Labute approximate surface area is 150 Å². The number of phenols is 1. The summed E-state index contributed by atoms with van der Waals surface area (Å²) in [6.07, 6.45) is 8.09. The minimum Gasteiger partial charge on any atom is -0.508 e. The molecule has 2 bridgehead atoms. The summed E-state index contributed by atoms with van der Waals surface area (Å²) in [6, 6.07) is 6.51. The van der Waals surface area contributed by atoms with E-state index < -0.39 is 0 Å². The molecule has 1 saturated heterocycles. The SMILES string of the molecule is C[C@H]1C[C@H]2C3Cc4ccc(O)cc4C2(CCN3CC2CCC2)CC1=O. The lowest BCUT2D eigenvalue weighted by Crippen LogP contribution is -2.63. The molecule has 0 aromatic heterocycles. The van der Waals surface area contributed by atoms with Gasteiger partial charge >= 0.3 is 0 Å². The summed E-state index contributed by atoms with van der Waals surface area (Å²) >= 11 is 0. The van der Waals surface area contributed by atoms with Crippen molar-refractivity contribution in [2.75, 3.05) is 13.1 Å². The van der Waals surface area contributed by atoms with E-state index in [0.29, 0.717) is 29.9 Å². The maximum atomic E-state index is 12.7. The number of hydrogen-bond donors (Lipinski definition) is 1. The van der Waals surface area contributed by atoms with Crippen molar-refractivity contribution in [2.45, 2.75) is 63.3 Å². The summed E-state index contributed by atoms with van der Waals surface area (Å²) in [5, 5.41) is 10.1. The minimum atomic E-state index is -0.0172. The molecule has 1 aromatic rings. The van der Waals surface area contributed by atoms with E-state index in [-0.39, 0.29) is 11.3 Å². The third-order valence-electron chi connectivity index (χ3n) is 7.91. The van der Waals surface area contributed by atoms with Crippen molar-refractivity contribution in [3.05, 3.63) is 29.3 Å². The number of rotatable bonds is 2. The van der Waals surface area contributed by atoms with Gasteiger partial charge in [0.25, 0.3) is 0 Å². The van der Waals surface area contributed by atoms with Crippen LogP contribution >= 0.6 is 0 Å². The van der Waals surface area contributed by atoms with Crippen molar-refractivity contribution < 1.29 is 9.90 Å². The molecule has 25 heavy (non-hydrogen) atoms. The second kappa shape index (κ2) is 5.57. The fourth-order valence-electron chi connectivity index (χ4n) is 6.28. The van der Waals surface area contributed by atoms with E-state index in [1.807, 2.05) is 12.1 Å². The molecule has 3 nitrogen and oxygen atoms in total. The molecule has 1 aromatic carbocycles. The number of piperidine rings is 1. The average Bonchev–Trinajstić information content (AvgIpc) is 2.54. The molecule has 3 heteroatoms. The number of fused-ring (bicyclic) bond motifs is 1. The summed E-state index contributed by atoms with van der Waals surface area (Å²) in [6.45, 7) is 4.50. The van der Waals surface area contributed by atoms with Crippen LogP contribution in [0.4, 0.5) is 0 Å². The highest BCUT2D eigenvalue weighted by molar-refractivity contribution is 5.83. The van der Waals surface area contributed by atoms with Gasteiger partial charge in [-0.25, -0.2) is 0 Å². The molecule has 0 spiro atoms. The summed E-state index contributed by atoms with van der Waals surface area (Å²) in [7, 11) is 0. The van der Waals surface area contributed by atoms with Crippen LogP contribution < -0.4 is 0 Å². The smallest absolute Gasteiger partial charge is 0.136 e. The number of nitrogens with zero attached hydrogens (tertiary/aromatic N) is 1. The van der Waals surface area contributed by atoms with Crippen LogP contribution in [0.3, 0.4) is 0 Å². The van der Waals surface area contributed by atoms with Crippen LogP contribution in [-0.2, 0) is 16.6 Å². The molecule has 2 unspecified atom stereocenters. The fourth-order valence-corrected chi connectivity index (χ4v) is 6.28. The fraction of sp³-hybridized carbons (Fsp3) is 0.682. The van der Waals surface area contributed by atoms with Gasteiger partial charge in [0.1, 0.15) is 11.5 Å². The third-order valence-corrected chi connectivity index (χ3v) is 7.91. The minimum absolute atomic E-state index is 0.0172. The molecule has 3 aliphatic carbocycles. The Morgan fingerprint density at radius 3 is 2.92 bits per heavy atom. The lowest BCUT2D eigenvalue weighted by atomic mass is 9.50. The number of aromatic hydroxyl groups is 1. The second-order valence-corrected chi connectivity index (χ2v) is 9.20. The van der Waals surface area contributed by atoms with E-state index in [0.717, 1.165) is 31.7 Å². The molecular weight excluding hydrogens is 310 g/mol. The quantitative estimate of drug-likeness (QED) is 0.894. The maximum absolute atomic E-state index is 12.7. The average molecular weight is 339 g/mol. The number of carbonyl (C=O) groups is 1. The number of carbonyl (C=O) groups excluding carboxylic acids is 1. The van der Waals surface area contributed by atoms with E-state index in [2.05, 4.69) is 17.9 Å². The highest BCUT2D eigenvalue weighted by atomic mass is 16.3. The van der Waals surface area contributed by atoms with Gasteiger partial charge in [0.05, 0.1) is 0 Å². The number of hydrogen-bond acceptors (Lipinski definition) is 3. The predicted molar refractivity (Wildman–Crippen MR) is 97.7 cm³/mol. The molecule has 4 aliphatic rings. The molecule has 1 heterocycles. The van der Waals surface area contributed by atoms with Gasteiger partial charge < -0.3 is 5.11 Å². The number of Topliss-reactive ketones (excluding diaryl/α,β-unsaturated/α-hetero) is 1. The van der Waals surface area contributed by atoms with E-state index >= 15 is 0 Å². The van der Waals surface area contributed by atoms with Crippen molar-refractivity contribution in [2.24, 2.45) is 17.8 Å². The first-order chi connectivity index (χ1) is 12.1. The lowest BCUT2D eigenvalue weighted by molar-refractivity contribution is -0.132. The van der Waals surface area contributed by atoms with Gasteiger partial charge in [-0.15, -0.1) is 0 Å².